The van der Waals surface area contributed by atoms with Crippen LogP contribution in [0.25, 0.3) is 0 Å². The van der Waals surface area contributed by atoms with E-state index >= 15 is 0 Å². The average Bonchev–Trinajstić information content (AvgIpc) is 2.47. The molecule has 0 radical (unpaired) electrons. The number of benzene rings is 2. The zero-order valence-corrected chi connectivity index (χ0v) is 10.5. The summed E-state index contributed by atoms with van der Waals surface area (Å²) in [4.78, 5) is 0. The third-order valence-electron chi connectivity index (χ3n) is 2.75. The van der Waals surface area contributed by atoms with Gasteiger partial charge in [0.25, 0.3) is 0 Å². The van der Waals surface area contributed by atoms with Crippen molar-refractivity contribution in [2.24, 2.45) is 0 Å². The molecule has 0 saturated carbocycles. The lowest BCUT2D eigenvalue weighted by molar-refractivity contribution is 0.281. The molecule has 0 atom stereocenters. The van der Waals surface area contributed by atoms with Crippen LogP contribution in [0.4, 0.5) is 0 Å². The van der Waals surface area contributed by atoms with Crippen molar-refractivity contribution < 1.29 is 19.9 Å². The van der Waals surface area contributed by atoms with Gasteiger partial charge in [0.15, 0.2) is 0 Å². The Labute approximate surface area is 116 Å². The SMILES string of the molecule is N#Cc1ccc(Oc2cc(CO)ccc2B(O)O)cc1. The summed E-state index contributed by atoms with van der Waals surface area (Å²) in [5.74, 6) is 0.706. The highest BCUT2D eigenvalue weighted by Gasteiger charge is 2.18. The predicted octanol–water partition coefficient (Wildman–Crippen LogP) is 0.523. The van der Waals surface area contributed by atoms with Crippen LogP contribution < -0.4 is 10.2 Å². The molecule has 0 aromatic heterocycles. The third kappa shape index (κ3) is 3.16. The lowest BCUT2D eigenvalue weighted by Crippen LogP contribution is -2.31. The molecule has 5 nitrogen and oxygen atoms in total. The van der Waals surface area contributed by atoms with E-state index in [1.54, 1.807) is 30.3 Å². The first-order valence-corrected chi connectivity index (χ1v) is 5.92. The Morgan fingerprint density at radius 1 is 1.10 bits per heavy atom. The van der Waals surface area contributed by atoms with Gasteiger partial charge in [-0.2, -0.15) is 5.26 Å². The van der Waals surface area contributed by atoms with Crippen molar-refractivity contribution in [3.05, 3.63) is 53.6 Å². The van der Waals surface area contributed by atoms with Gasteiger partial charge in [-0.3, -0.25) is 0 Å². The number of nitrogens with zero attached hydrogens (tertiary/aromatic N) is 1. The van der Waals surface area contributed by atoms with Gasteiger partial charge in [0, 0.05) is 5.46 Å². The minimum absolute atomic E-state index is 0.175. The van der Waals surface area contributed by atoms with E-state index in [2.05, 4.69) is 0 Å². The lowest BCUT2D eigenvalue weighted by Gasteiger charge is -2.12. The maximum atomic E-state index is 9.30. The van der Waals surface area contributed by atoms with Gasteiger partial charge in [0.2, 0.25) is 0 Å². The van der Waals surface area contributed by atoms with E-state index in [0.717, 1.165) is 0 Å². The summed E-state index contributed by atoms with van der Waals surface area (Å²) < 4.78 is 5.57. The summed E-state index contributed by atoms with van der Waals surface area (Å²) in [6.45, 7) is -0.175. The second-order valence-electron chi connectivity index (χ2n) is 4.14. The van der Waals surface area contributed by atoms with Gasteiger partial charge >= 0.3 is 7.12 Å². The van der Waals surface area contributed by atoms with Crippen molar-refractivity contribution >= 4 is 12.6 Å². The molecule has 100 valence electrons. The summed E-state index contributed by atoms with van der Waals surface area (Å²) in [5.41, 5.74) is 1.30. The third-order valence-corrected chi connectivity index (χ3v) is 2.75. The maximum absolute atomic E-state index is 9.30. The Bertz CT molecular complexity index is 635. The van der Waals surface area contributed by atoms with Crippen molar-refractivity contribution in [3.8, 4) is 17.6 Å². The highest BCUT2D eigenvalue weighted by Crippen LogP contribution is 2.21. The number of ether oxygens (including phenoxy) is 1. The molecular weight excluding hydrogens is 257 g/mol. The van der Waals surface area contributed by atoms with Crippen molar-refractivity contribution in [2.75, 3.05) is 0 Å². The first kappa shape index (κ1) is 14.1. The van der Waals surface area contributed by atoms with Crippen LogP contribution in [0.5, 0.6) is 11.5 Å². The van der Waals surface area contributed by atoms with Gasteiger partial charge in [-0.15, -0.1) is 0 Å². The highest BCUT2D eigenvalue weighted by atomic mass is 16.5. The molecule has 0 fully saturated rings. The topological polar surface area (TPSA) is 93.7 Å². The number of rotatable bonds is 4. The van der Waals surface area contributed by atoms with Crippen LogP contribution in [-0.4, -0.2) is 22.3 Å². The molecular formula is C14H12BNO4. The summed E-state index contributed by atoms with van der Waals surface area (Å²) in [6, 6.07) is 13.0. The Morgan fingerprint density at radius 2 is 1.80 bits per heavy atom. The molecule has 2 aromatic carbocycles. The minimum atomic E-state index is -1.67. The fraction of sp³-hybridized carbons (Fsp3) is 0.0714. The molecule has 0 aliphatic rings. The van der Waals surface area contributed by atoms with Crippen molar-refractivity contribution in [1.82, 2.24) is 0 Å². The van der Waals surface area contributed by atoms with Gasteiger partial charge in [-0.25, -0.2) is 0 Å². The first-order valence-electron chi connectivity index (χ1n) is 5.92. The molecule has 0 amide bonds. The van der Waals surface area contributed by atoms with Gasteiger partial charge in [-0.1, -0.05) is 12.1 Å². The van der Waals surface area contributed by atoms with Crippen LogP contribution in [0.15, 0.2) is 42.5 Å². The van der Waals surface area contributed by atoms with E-state index in [9.17, 15) is 10.0 Å². The summed E-state index contributed by atoms with van der Waals surface area (Å²) in [6.07, 6.45) is 0. The van der Waals surface area contributed by atoms with Crippen molar-refractivity contribution in [2.45, 2.75) is 6.61 Å². The molecule has 2 rings (SSSR count). The number of hydrogen-bond acceptors (Lipinski definition) is 5. The Hall–Kier alpha value is -2.33. The lowest BCUT2D eigenvalue weighted by atomic mass is 9.79. The number of aliphatic hydroxyl groups is 1. The predicted molar refractivity (Wildman–Crippen MR) is 73.4 cm³/mol. The Balaban J connectivity index is 2.33. The monoisotopic (exact) mass is 269 g/mol. The van der Waals surface area contributed by atoms with E-state index in [1.165, 1.54) is 12.1 Å². The van der Waals surface area contributed by atoms with E-state index in [0.29, 0.717) is 16.9 Å². The van der Waals surface area contributed by atoms with Crippen LogP contribution in [0.2, 0.25) is 0 Å². The zero-order chi connectivity index (χ0) is 14.5. The second kappa shape index (κ2) is 6.22. The van der Waals surface area contributed by atoms with E-state index < -0.39 is 7.12 Å². The molecule has 6 heteroatoms. The first-order chi connectivity index (χ1) is 9.63. The van der Waals surface area contributed by atoms with E-state index in [1.807, 2.05) is 6.07 Å². The van der Waals surface area contributed by atoms with E-state index in [4.69, 9.17) is 15.1 Å². The van der Waals surface area contributed by atoms with Gasteiger partial charge in [-0.05, 0) is 35.9 Å². The van der Waals surface area contributed by atoms with Crippen molar-refractivity contribution in [1.29, 1.82) is 5.26 Å². The second-order valence-corrected chi connectivity index (χ2v) is 4.14. The molecule has 0 bridgehead atoms. The van der Waals surface area contributed by atoms with Crippen LogP contribution in [0.3, 0.4) is 0 Å². The molecule has 0 aliphatic heterocycles. The fourth-order valence-electron chi connectivity index (χ4n) is 1.70. The quantitative estimate of drug-likeness (QED) is 0.703. The summed E-state index contributed by atoms with van der Waals surface area (Å²) in [7, 11) is -1.67. The largest absolute Gasteiger partial charge is 0.492 e. The standard InChI is InChI=1S/C14H12BNO4/c16-8-10-1-4-12(5-2-10)20-14-7-11(9-17)3-6-13(14)15(18)19/h1-7,17-19H,9H2. The molecule has 0 heterocycles. The highest BCUT2D eigenvalue weighted by molar-refractivity contribution is 6.59. The molecule has 0 spiro atoms. The molecule has 20 heavy (non-hydrogen) atoms. The number of hydrogen-bond donors (Lipinski definition) is 3. The molecule has 0 unspecified atom stereocenters. The zero-order valence-electron chi connectivity index (χ0n) is 10.5. The Morgan fingerprint density at radius 3 is 2.35 bits per heavy atom. The van der Waals surface area contributed by atoms with Crippen LogP contribution in [0, 0.1) is 11.3 Å². The van der Waals surface area contributed by atoms with Crippen LogP contribution in [0.1, 0.15) is 11.1 Å². The maximum Gasteiger partial charge on any atom is 0.492 e. The normalized spacial score (nSPS) is 9.90. The molecule has 0 aliphatic carbocycles. The van der Waals surface area contributed by atoms with Crippen LogP contribution in [-0.2, 0) is 6.61 Å². The molecule has 3 N–H and O–H groups in total. The van der Waals surface area contributed by atoms with Gasteiger partial charge in [0.1, 0.15) is 11.5 Å². The molecule has 2 aromatic rings. The Kier molecular flexibility index (Phi) is 4.38. The van der Waals surface area contributed by atoms with Crippen LogP contribution >= 0.6 is 0 Å². The van der Waals surface area contributed by atoms with E-state index in [-0.39, 0.29) is 17.8 Å². The average molecular weight is 269 g/mol. The fourth-order valence-corrected chi connectivity index (χ4v) is 1.70. The minimum Gasteiger partial charge on any atom is -0.458 e. The number of nitriles is 1. The number of aliphatic hydroxyl groups excluding tert-OH is 1. The van der Waals surface area contributed by atoms with Gasteiger partial charge in [0.05, 0.1) is 18.2 Å². The molecule has 0 saturated heterocycles. The smallest absolute Gasteiger partial charge is 0.458 e. The van der Waals surface area contributed by atoms with Crippen molar-refractivity contribution in [3.63, 3.8) is 0 Å². The van der Waals surface area contributed by atoms with Gasteiger partial charge < -0.3 is 19.9 Å². The summed E-state index contributed by atoms with van der Waals surface area (Å²) in [5, 5.41) is 36.4. The summed E-state index contributed by atoms with van der Waals surface area (Å²) >= 11 is 0.